The van der Waals surface area contributed by atoms with Gasteiger partial charge in [0.05, 0.1) is 5.25 Å². The van der Waals surface area contributed by atoms with Crippen molar-refractivity contribution in [2.75, 3.05) is 5.75 Å². The lowest BCUT2D eigenvalue weighted by Crippen LogP contribution is -2.26. The molecule has 9 heteroatoms. The van der Waals surface area contributed by atoms with Crippen molar-refractivity contribution < 1.29 is 31.1 Å². The van der Waals surface area contributed by atoms with E-state index in [-0.39, 0.29) is 5.56 Å². The number of primary amides is 1. The highest BCUT2D eigenvalue weighted by Crippen LogP contribution is 2.27. The number of halogens is 3. The van der Waals surface area contributed by atoms with Gasteiger partial charge in [-0.1, -0.05) is 12.1 Å². The van der Waals surface area contributed by atoms with E-state index in [2.05, 4.69) is 4.74 Å². The number of nitrogens with two attached hydrogens (primary N) is 1. The quantitative estimate of drug-likeness (QED) is 0.893. The van der Waals surface area contributed by atoms with Crippen LogP contribution in [0.15, 0.2) is 24.3 Å². The van der Waals surface area contributed by atoms with Gasteiger partial charge in [0.1, 0.15) is 11.5 Å². The Morgan fingerprint density at radius 1 is 1.30 bits per heavy atom. The van der Waals surface area contributed by atoms with E-state index in [0.29, 0.717) is 0 Å². The van der Waals surface area contributed by atoms with E-state index in [1.807, 2.05) is 0 Å². The minimum atomic E-state index is -4.81. The minimum absolute atomic E-state index is 0.237. The summed E-state index contributed by atoms with van der Waals surface area (Å²) in [6.07, 6.45) is -4.81. The van der Waals surface area contributed by atoms with E-state index < -0.39 is 38.9 Å². The van der Waals surface area contributed by atoms with Gasteiger partial charge in [-0.15, -0.1) is 13.2 Å². The van der Waals surface area contributed by atoms with Gasteiger partial charge in [0.2, 0.25) is 5.91 Å². The molecule has 2 N–H and O–H groups in total. The van der Waals surface area contributed by atoms with Crippen molar-refractivity contribution in [3.63, 3.8) is 0 Å². The van der Waals surface area contributed by atoms with Crippen LogP contribution in [0.4, 0.5) is 13.2 Å². The fourth-order valence-corrected chi connectivity index (χ4v) is 2.69. The van der Waals surface area contributed by atoms with Gasteiger partial charge < -0.3 is 10.5 Å². The van der Waals surface area contributed by atoms with Gasteiger partial charge in [-0.3, -0.25) is 4.79 Å². The molecule has 0 heterocycles. The number of benzene rings is 1. The highest BCUT2D eigenvalue weighted by atomic mass is 32.2. The molecule has 0 aliphatic carbocycles. The average Bonchev–Trinajstić information content (AvgIpc) is 2.25. The minimum Gasteiger partial charge on any atom is -0.406 e. The van der Waals surface area contributed by atoms with Gasteiger partial charge in [-0.05, 0) is 24.6 Å². The topological polar surface area (TPSA) is 86.5 Å². The Morgan fingerprint density at radius 2 is 1.80 bits per heavy atom. The van der Waals surface area contributed by atoms with E-state index in [9.17, 15) is 26.4 Å². The molecule has 1 aromatic rings. The maximum atomic E-state index is 12.0. The van der Waals surface area contributed by atoms with Crippen molar-refractivity contribution in [3.8, 4) is 5.75 Å². The zero-order valence-corrected chi connectivity index (χ0v) is 11.2. The fourth-order valence-electron chi connectivity index (χ4n) is 1.47. The summed E-state index contributed by atoms with van der Waals surface area (Å²) >= 11 is 0. The van der Waals surface area contributed by atoms with Crippen molar-refractivity contribution in [2.45, 2.75) is 18.5 Å². The molecule has 5 nitrogen and oxygen atoms in total. The van der Waals surface area contributed by atoms with Crippen LogP contribution in [0.5, 0.6) is 5.75 Å². The number of rotatable bonds is 5. The van der Waals surface area contributed by atoms with Crippen LogP contribution in [0.25, 0.3) is 0 Å². The first-order valence-electron chi connectivity index (χ1n) is 5.37. The molecular formula is C11H12F3NO4S. The second kappa shape index (κ2) is 5.70. The Balaban J connectivity index is 2.91. The smallest absolute Gasteiger partial charge is 0.406 e. The number of carbonyl (C=O) groups is 1. The highest BCUT2D eigenvalue weighted by Gasteiger charge is 2.31. The van der Waals surface area contributed by atoms with Gasteiger partial charge in [0, 0.05) is 0 Å². The molecule has 0 spiro atoms. The van der Waals surface area contributed by atoms with Crippen LogP contribution in [0.1, 0.15) is 17.7 Å². The number of amides is 1. The van der Waals surface area contributed by atoms with Crippen molar-refractivity contribution in [1.29, 1.82) is 0 Å². The monoisotopic (exact) mass is 311 g/mol. The maximum absolute atomic E-state index is 12.0. The van der Waals surface area contributed by atoms with Crippen LogP contribution >= 0.6 is 0 Å². The predicted molar refractivity (Wildman–Crippen MR) is 64.5 cm³/mol. The third kappa shape index (κ3) is 4.72. The van der Waals surface area contributed by atoms with E-state index in [4.69, 9.17) is 5.73 Å². The first-order valence-corrected chi connectivity index (χ1v) is 7.08. The summed E-state index contributed by atoms with van der Waals surface area (Å²) in [5.74, 6) is -2.27. The highest BCUT2D eigenvalue weighted by molar-refractivity contribution is 7.92. The molecule has 0 saturated carbocycles. The van der Waals surface area contributed by atoms with Gasteiger partial charge in [-0.2, -0.15) is 0 Å². The second-order valence-corrected chi connectivity index (χ2v) is 6.35. The second-order valence-electron chi connectivity index (χ2n) is 4.03. The lowest BCUT2D eigenvalue weighted by molar-refractivity contribution is -0.274. The molecule has 1 rings (SSSR count). The number of ether oxygens (including phenoxy) is 1. The Morgan fingerprint density at radius 3 is 2.20 bits per heavy atom. The van der Waals surface area contributed by atoms with Crippen molar-refractivity contribution in [2.24, 2.45) is 5.73 Å². The van der Waals surface area contributed by atoms with E-state index >= 15 is 0 Å². The summed E-state index contributed by atoms with van der Waals surface area (Å²) in [7, 11) is -3.80. The summed E-state index contributed by atoms with van der Waals surface area (Å²) in [5.41, 5.74) is 5.06. The summed E-state index contributed by atoms with van der Waals surface area (Å²) < 4.78 is 63.0. The largest absolute Gasteiger partial charge is 0.573 e. The number of hydrogen-bond acceptors (Lipinski definition) is 4. The molecule has 0 aliphatic rings. The van der Waals surface area contributed by atoms with Crippen LogP contribution in [-0.2, 0) is 14.6 Å². The number of carbonyl (C=O) groups excluding carboxylic acids is 1. The first kappa shape index (κ1) is 16.3. The molecule has 0 aromatic heterocycles. The summed E-state index contributed by atoms with van der Waals surface area (Å²) in [6, 6.07) is 4.37. The van der Waals surface area contributed by atoms with E-state index in [1.165, 1.54) is 19.1 Å². The Labute approximate surface area is 113 Å². The third-order valence-corrected chi connectivity index (χ3v) is 4.50. The maximum Gasteiger partial charge on any atom is 0.573 e. The first-order chi connectivity index (χ1) is 9.01. The Kier molecular flexibility index (Phi) is 4.64. The summed E-state index contributed by atoms with van der Waals surface area (Å²) in [6.45, 7) is 1.32. The average molecular weight is 311 g/mol. The zero-order chi connectivity index (χ0) is 15.6. The van der Waals surface area contributed by atoms with Crippen LogP contribution < -0.4 is 10.5 Å². The van der Waals surface area contributed by atoms with E-state index in [1.54, 1.807) is 0 Å². The predicted octanol–water partition coefficient (Wildman–Crippen LogP) is 1.55. The normalized spacial score (nSPS) is 13.8. The molecule has 1 amide bonds. The SMILES string of the molecule is CC(c1ccc(OC(F)(F)F)cc1)S(=O)(=O)CC(N)=O. The third-order valence-electron chi connectivity index (χ3n) is 2.47. The summed E-state index contributed by atoms with van der Waals surface area (Å²) in [5, 5.41) is -1.06. The number of alkyl halides is 3. The lowest BCUT2D eigenvalue weighted by Gasteiger charge is -2.13. The molecular weight excluding hydrogens is 299 g/mol. The molecule has 1 atom stereocenters. The molecule has 112 valence electrons. The number of hydrogen-bond donors (Lipinski definition) is 1. The fraction of sp³-hybridized carbons (Fsp3) is 0.364. The molecule has 0 radical (unpaired) electrons. The van der Waals surface area contributed by atoms with Crippen LogP contribution in [0, 0.1) is 0 Å². The van der Waals surface area contributed by atoms with Gasteiger partial charge in [-0.25, -0.2) is 8.42 Å². The van der Waals surface area contributed by atoms with Crippen LogP contribution in [0.2, 0.25) is 0 Å². The van der Waals surface area contributed by atoms with Crippen molar-refractivity contribution in [1.82, 2.24) is 0 Å². The molecule has 0 fully saturated rings. The standard InChI is InChI=1S/C11H12F3NO4S/c1-7(20(17,18)6-10(15)16)8-2-4-9(5-3-8)19-11(12,13)14/h2-5,7H,6H2,1H3,(H2,15,16). The number of sulfone groups is 1. The zero-order valence-electron chi connectivity index (χ0n) is 10.3. The van der Waals surface area contributed by atoms with Gasteiger partial charge >= 0.3 is 6.36 Å². The van der Waals surface area contributed by atoms with Gasteiger partial charge in [0.15, 0.2) is 9.84 Å². The van der Waals surface area contributed by atoms with Crippen molar-refractivity contribution in [3.05, 3.63) is 29.8 Å². The van der Waals surface area contributed by atoms with Crippen molar-refractivity contribution >= 4 is 15.7 Å². The lowest BCUT2D eigenvalue weighted by atomic mass is 10.1. The Bertz CT molecular complexity index is 581. The molecule has 0 bridgehead atoms. The Hall–Kier alpha value is -1.77. The van der Waals surface area contributed by atoms with Gasteiger partial charge in [0.25, 0.3) is 0 Å². The molecule has 0 saturated heterocycles. The van der Waals surface area contributed by atoms with Crippen LogP contribution in [0.3, 0.4) is 0 Å². The van der Waals surface area contributed by atoms with Crippen LogP contribution in [-0.4, -0.2) is 26.4 Å². The van der Waals surface area contributed by atoms with E-state index in [0.717, 1.165) is 12.1 Å². The summed E-state index contributed by atoms with van der Waals surface area (Å²) in [4.78, 5) is 10.7. The molecule has 1 unspecified atom stereocenters. The molecule has 20 heavy (non-hydrogen) atoms. The molecule has 0 aliphatic heterocycles. The molecule has 1 aromatic carbocycles.